The van der Waals surface area contributed by atoms with E-state index in [-0.39, 0.29) is 12.5 Å². The van der Waals surface area contributed by atoms with Crippen LogP contribution in [0.5, 0.6) is 11.5 Å². The first-order chi connectivity index (χ1) is 11.4. The number of ether oxygens (including phenoxy) is 2. The third-order valence-corrected chi connectivity index (χ3v) is 4.54. The van der Waals surface area contributed by atoms with E-state index >= 15 is 0 Å². The number of nitrogens with one attached hydrogen (secondary N) is 2. The van der Waals surface area contributed by atoms with Crippen molar-refractivity contribution in [3.8, 4) is 11.5 Å². The monoisotopic (exact) mass is 412 g/mol. The lowest BCUT2D eigenvalue weighted by Gasteiger charge is -2.14. The van der Waals surface area contributed by atoms with Gasteiger partial charge in [0, 0.05) is 22.3 Å². The molecule has 2 N–H and O–H groups in total. The highest BCUT2D eigenvalue weighted by molar-refractivity contribution is 9.10. The number of carbonyl (C=O) groups is 1. The van der Waals surface area contributed by atoms with Crippen LogP contribution in [0.25, 0.3) is 0 Å². The van der Waals surface area contributed by atoms with Gasteiger partial charge in [0.05, 0.1) is 31.5 Å². The molecule has 24 heavy (non-hydrogen) atoms. The molecule has 2 aromatic carbocycles. The molecule has 0 aliphatic heterocycles. The fraction of sp³-hybridized carbons (Fsp3) is 0.235. The van der Waals surface area contributed by atoms with Gasteiger partial charge in [-0.2, -0.15) is 0 Å². The Balaban J connectivity index is 2.04. The van der Waals surface area contributed by atoms with Crippen LogP contribution in [0.1, 0.15) is 5.56 Å². The Morgan fingerprint density at radius 1 is 1.17 bits per heavy atom. The van der Waals surface area contributed by atoms with E-state index in [0.717, 1.165) is 15.7 Å². The Labute approximate surface area is 154 Å². The molecule has 0 heterocycles. The van der Waals surface area contributed by atoms with Crippen LogP contribution in [-0.4, -0.2) is 26.7 Å². The molecule has 128 valence electrons. The van der Waals surface area contributed by atoms with Gasteiger partial charge in [-0.1, -0.05) is 27.5 Å². The summed E-state index contributed by atoms with van der Waals surface area (Å²) >= 11 is 9.49. The van der Waals surface area contributed by atoms with Gasteiger partial charge < -0.3 is 20.1 Å². The smallest absolute Gasteiger partial charge is 0.243 e. The maximum atomic E-state index is 12.1. The lowest BCUT2D eigenvalue weighted by molar-refractivity contribution is -0.114. The molecular weight excluding hydrogens is 396 g/mol. The van der Waals surface area contributed by atoms with E-state index in [1.54, 1.807) is 12.1 Å². The summed E-state index contributed by atoms with van der Waals surface area (Å²) in [7, 11) is 3.06. The summed E-state index contributed by atoms with van der Waals surface area (Å²) in [6.07, 6.45) is 0. The number of hydrogen-bond donors (Lipinski definition) is 2. The average Bonchev–Trinajstić information content (AvgIpc) is 2.56. The summed E-state index contributed by atoms with van der Waals surface area (Å²) in [5, 5.41) is 6.30. The van der Waals surface area contributed by atoms with E-state index in [0.29, 0.717) is 22.2 Å². The second kappa shape index (κ2) is 8.26. The molecule has 5 nitrogen and oxygen atoms in total. The van der Waals surface area contributed by atoms with Crippen LogP contribution in [0.15, 0.2) is 34.8 Å². The van der Waals surface area contributed by atoms with Gasteiger partial charge in [0.1, 0.15) is 11.5 Å². The normalized spacial score (nSPS) is 10.2. The number of amides is 1. The lowest BCUT2D eigenvalue weighted by atomic mass is 10.2. The largest absolute Gasteiger partial charge is 0.495 e. The van der Waals surface area contributed by atoms with Gasteiger partial charge in [0.2, 0.25) is 5.91 Å². The summed E-state index contributed by atoms with van der Waals surface area (Å²) in [4.78, 5) is 12.1. The molecule has 0 unspecified atom stereocenters. The minimum Gasteiger partial charge on any atom is -0.495 e. The van der Waals surface area contributed by atoms with Gasteiger partial charge in [-0.05, 0) is 30.7 Å². The molecule has 2 rings (SSSR count). The zero-order chi connectivity index (χ0) is 17.7. The second-order valence-electron chi connectivity index (χ2n) is 5.05. The van der Waals surface area contributed by atoms with Crippen molar-refractivity contribution in [1.29, 1.82) is 0 Å². The van der Waals surface area contributed by atoms with E-state index in [2.05, 4.69) is 26.6 Å². The lowest BCUT2D eigenvalue weighted by Crippen LogP contribution is -2.22. The van der Waals surface area contributed by atoms with Gasteiger partial charge in [0.15, 0.2) is 0 Å². The predicted molar refractivity (Wildman–Crippen MR) is 101 cm³/mol. The van der Waals surface area contributed by atoms with E-state index in [4.69, 9.17) is 21.1 Å². The number of hydrogen-bond acceptors (Lipinski definition) is 4. The highest BCUT2D eigenvalue weighted by Gasteiger charge is 2.11. The molecule has 0 aliphatic rings. The number of anilines is 2. The number of rotatable bonds is 6. The van der Waals surface area contributed by atoms with Gasteiger partial charge >= 0.3 is 0 Å². The molecule has 7 heteroatoms. The minimum absolute atomic E-state index is 0.0796. The Hall–Kier alpha value is -1.92. The standard InChI is InChI=1S/C17H18BrClN2O3/c1-10-6-11(4-5-12(10)18)21-17(22)9-20-14-8-15(23-2)13(19)7-16(14)24-3/h4-8,20H,9H2,1-3H3,(H,21,22). The van der Waals surface area contributed by atoms with Gasteiger partial charge in [-0.3, -0.25) is 4.79 Å². The number of halogens is 2. The molecule has 0 aliphatic carbocycles. The highest BCUT2D eigenvalue weighted by Crippen LogP contribution is 2.35. The zero-order valence-corrected chi connectivity index (χ0v) is 15.9. The SMILES string of the molecule is COc1cc(NCC(=O)Nc2ccc(Br)c(C)c2)c(OC)cc1Cl. The quantitative estimate of drug-likeness (QED) is 0.733. The van der Waals surface area contributed by atoms with Gasteiger partial charge in [-0.25, -0.2) is 0 Å². The van der Waals surface area contributed by atoms with Crippen LogP contribution in [0.4, 0.5) is 11.4 Å². The third kappa shape index (κ3) is 4.55. The van der Waals surface area contributed by atoms with Gasteiger partial charge in [0.25, 0.3) is 0 Å². The summed E-state index contributed by atoms with van der Waals surface area (Å²) in [6.45, 7) is 2.04. The van der Waals surface area contributed by atoms with Crippen LogP contribution in [0.3, 0.4) is 0 Å². The molecular formula is C17H18BrClN2O3. The van der Waals surface area contributed by atoms with Crippen molar-refractivity contribution < 1.29 is 14.3 Å². The summed E-state index contributed by atoms with van der Waals surface area (Å²) in [5.74, 6) is 0.865. The Bertz CT molecular complexity index is 753. The molecule has 0 saturated carbocycles. The summed E-state index contributed by atoms with van der Waals surface area (Å²) in [5.41, 5.74) is 2.41. The molecule has 0 bridgehead atoms. The van der Waals surface area contributed by atoms with Crippen molar-refractivity contribution in [1.82, 2.24) is 0 Å². The Kier molecular flexibility index (Phi) is 6.34. The van der Waals surface area contributed by atoms with Crippen LogP contribution >= 0.6 is 27.5 Å². The topological polar surface area (TPSA) is 59.6 Å². The van der Waals surface area contributed by atoms with Crippen molar-refractivity contribution in [3.63, 3.8) is 0 Å². The maximum Gasteiger partial charge on any atom is 0.243 e. The van der Waals surface area contributed by atoms with Crippen LogP contribution < -0.4 is 20.1 Å². The van der Waals surface area contributed by atoms with Gasteiger partial charge in [-0.15, -0.1) is 0 Å². The molecule has 0 saturated heterocycles. The molecule has 2 aromatic rings. The number of carbonyl (C=O) groups excluding carboxylic acids is 1. The van der Waals surface area contributed by atoms with Crippen LogP contribution in [0, 0.1) is 6.92 Å². The summed E-state index contributed by atoms with van der Waals surface area (Å²) < 4.78 is 11.4. The average molecular weight is 414 g/mol. The minimum atomic E-state index is -0.173. The van der Waals surface area contributed by atoms with Crippen LogP contribution in [-0.2, 0) is 4.79 Å². The first-order valence-corrected chi connectivity index (χ1v) is 8.33. The van der Waals surface area contributed by atoms with Crippen molar-refractivity contribution in [2.75, 3.05) is 31.4 Å². The molecule has 0 spiro atoms. The van der Waals surface area contributed by atoms with Crippen LogP contribution in [0.2, 0.25) is 5.02 Å². The fourth-order valence-corrected chi connectivity index (χ4v) is 2.58. The molecule has 0 radical (unpaired) electrons. The summed E-state index contributed by atoms with van der Waals surface area (Å²) in [6, 6.07) is 8.96. The first kappa shape index (κ1) is 18.4. The number of aryl methyl sites for hydroxylation is 1. The van der Waals surface area contributed by atoms with E-state index in [9.17, 15) is 4.79 Å². The Morgan fingerprint density at radius 3 is 2.50 bits per heavy atom. The number of benzene rings is 2. The molecule has 0 atom stereocenters. The van der Waals surface area contributed by atoms with Crippen molar-refractivity contribution in [2.45, 2.75) is 6.92 Å². The van der Waals surface area contributed by atoms with E-state index in [1.165, 1.54) is 14.2 Å². The first-order valence-electron chi connectivity index (χ1n) is 7.16. The van der Waals surface area contributed by atoms with Crippen molar-refractivity contribution >= 4 is 44.8 Å². The zero-order valence-electron chi connectivity index (χ0n) is 13.6. The molecule has 0 aromatic heterocycles. The van der Waals surface area contributed by atoms with Crippen molar-refractivity contribution in [3.05, 3.63) is 45.4 Å². The second-order valence-corrected chi connectivity index (χ2v) is 6.31. The van der Waals surface area contributed by atoms with E-state index in [1.807, 2.05) is 25.1 Å². The van der Waals surface area contributed by atoms with E-state index < -0.39 is 0 Å². The molecule has 1 amide bonds. The van der Waals surface area contributed by atoms with Crippen molar-refractivity contribution in [2.24, 2.45) is 0 Å². The Morgan fingerprint density at radius 2 is 1.88 bits per heavy atom. The molecule has 0 fully saturated rings. The predicted octanol–water partition coefficient (Wildman–Crippen LogP) is 4.48. The number of methoxy groups -OCH3 is 2. The third-order valence-electron chi connectivity index (χ3n) is 3.36. The highest BCUT2D eigenvalue weighted by atomic mass is 79.9. The fourth-order valence-electron chi connectivity index (χ4n) is 2.10. The maximum absolute atomic E-state index is 12.1.